The van der Waals surface area contributed by atoms with E-state index in [9.17, 15) is 8.42 Å². The van der Waals surface area contributed by atoms with Crippen LogP contribution in [0.15, 0.2) is 29.3 Å². The molecule has 27 heavy (non-hydrogen) atoms. The minimum absolute atomic E-state index is 0.0817. The van der Waals surface area contributed by atoms with E-state index in [0.29, 0.717) is 19.0 Å². The summed E-state index contributed by atoms with van der Waals surface area (Å²) in [6.45, 7) is 2.41. The van der Waals surface area contributed by atoms with Crippen LogP contribution in [0.1, 0.15) is 50.6 Å². The Bertz CT molecular complexity index is 773. The number of ether oxygens (including phenoxy) is 1. The Morgan fingerprint density at radius 3 is 2.70 bits per heavy atom. The van der Waals surface area contributed by atoms with Crippen LogP contribution in [0.3, 0.4) is 0 Å². The van der Waals surface area contributed by atoms with Crippen LogP contribution in [0.5, 0.6) is 5.75 Å². The lowest BCUT2D eigenvalue weighted by Gasteiger charge is -2.40. The van der Waals surface area contributed by atoms with E-state index in [-0.39, 0.29) is 17.4 Å². The Balaban J connectivity index is 1.64. The summed E-state index contributed by atoms with van der Waals surface area (Å²) in [5.74, 6) is 1.70. The van der Waals surface area contributed by atoms with Crippen LogP contribution in [-0.2, 0) is 10.0 Å². The third-order valence-corrected chi connectivity index (χ3v) is 6.77. The summed E-state index contributed by atoms with van der Waals surface area (Å²) in [6, 6.07) is 8.29. The minimum atomic E-state index is -3.17. The van der Waals surface area contributed by atoms with Gasteiger partial charge in [-0.1, -0.05) is 18.2 Å². The van der Waals surface area contributed by atoms with Crippen LogP contribution >= 0.6 is 0 Å². The average Bonchev–Trinajstić information content (AvgIpc) is 3.11. The molecule has 3 N–H and O–H groups in total. The van der Waals surface area contributed by atoms with Gasteiger partial charge >= 0.3 is 0 Å². The number of guanidine groups is 1. The molecule has 1 aliphatic carbocycles. The molecule has 2 aliphatic rings. The smallest absolute Gasteiger partial charge is 0.211 e. The molecule has 7 nitrogen and oxygen atoms in total. The Morgan fingerprint density at radius 2 is 2.00 bits per heavy atom. The van der Waals surface area contributed by atoms with Crippen molar-refractivity contribution in [3.05, 3.63) is 29.8 Å². The van der Waals surface area contributed by atoms with Crippen molar-refractivity contribution in [2.75, 3.05) is 25.9 Å². The van der Waals surface area contributed by atoms with Crippen molar-refractivity contribution < 1.29 is 13.2 Å². The Labute approximate surface area is 162 Å². The molecule has 1 aromatic carbocycles. The van der Waals surface area contributed by atoms with Gasteiger partial charge in [-0.2, -0.15) is 0 Å². The van der Waals surface area contributed by atoms with Gasteiger partial charge in [0, 0.05) is 32.1 Å². The van der Waals surface area contributed by atoms with Crippen molar-refractivity contribution in [3.63, 3.8) is 0 Å². The average molecular weight is 395 g/mol. The van der Waals surface area contributed by atoms with E-state index < -0.39 is 10.0 Å². The van der Waals surface area contributed by atoms with E-state index in [1.807, 2.05) is 18.2 Å². The lowest BCUT2D eigenvalue weighted by atomic mass is 9.86. The number of para-hydroxylation sites is 1. The SMILES string of the molecule is CCS(=O)(=O)NCCNC(=NC)NC1CC2(CCCC2)Oc2ccccc21. The molecule has 1 unspecified atom stereocenters. The second-order valence-electron chi connectivity index (χ2n) is 7.23. The van der Waals surface area contributed by atoms with Gasteiger partial charge < -0.3 is 15.4 Å². The zero-order chi connectivity index (χ0) is 19.3. The molecule has 0 bridgehead atoms. The maximum Gasteiger partial charge on any atom is 0.211 e. The van der Waals surface area contributed by atoms with E-state index in [0.717, 1.165) is 30.6 Å². The Morgan fingerprint density at radius 1 is 1.26 bits per heavy atom. The maximum absolute atomic E-state index is 11.5. The first-order valence-corrected chi connectivity index (χ1v) is 11.3. The number of nitrogens with zero attached hydrogens (tertiary/aromatic N) is 1. The lowest BCUT2D eigenvalue weighted by molar-refractivity contribution is 0.0396. The molecule has 0 amide bonds. The van der Waals surface area contributed by atoms with E-state index in [2.05, 4.69) is 26.4 Å². The van der Waals surface area contributed by atoms with E-state index in [1.54, 1.807) is 14.0 Å². The summed E-state index contributed by atoms with van der Waals surface area (Å²) in [5, 5.41) is 6.70. The number of rotatable bonds is 6. The molecular weight excluding hydrogens is 364 g/mol. The molecule has 1 spiro atoms. The van der Waals surface area contributed by atoms with Crippen LogP contribution in [0.4, 0.5) is 0 Å². The standard InChI is InChI=1S/C19H30N4O3S/c1-3-27(24,25)22-13-12-21-18(20-2)23-16-14-19(10-6-7-11-19)26-17-9-5-4-8-15(16)17/h4-5,8-9,16,22H,3,6-7,10-14H2,1-2H3,(H2,20,21,23). The van der Waals surface area contributed by atoms with Crippen molar-refractivity contribution >= 4 is 16.0 Å². The van der Waals surface area contributed by atoms with Crippen LogP contribution in [0.25, 0.3) is 0 Å². The van der Waals surface area contributed by atoms with Gasteiger partial charge in [0.15, 0.2) is 5.96 Å². The van der Waals surface area contributed by atoms with E-state index in [1.165, 1.54) is 12.8 Å². The van der Waals surface area contributed by atoms with Gasteiger partial charge in [-0.15, -0.1) is 0 Å². The summed E-state index contributed by atoms with van der Waals surface area (Å²) in [6.07, 6.45) is 5.50. The zero-order valence-electron chi connectivity index (χ0n) is 16.1. The minimum Gasteiger partial charge on any atom is -0.487 e. The quantitative estimate of drug-likeness (QED) is 0.390. The summed E-state index contributed by atoms with van der Waals surface area (Å²) >= 11 is 0. The van der Waals surface area contributed by atoms with Crippen molar-refractivity contribution in [2.45, 2.75) is 50.7 Å². The maximum atomic E-state index is 11.5. The number of hydrogen-bond acceptors (Lipinski definition) is 4. The van der Waals surface area contributed by atoms with E-state index in [4.69, 9.17) is 4.74 Å². The van der Waals surface area contributed by atoms with Crippen LogP contribution in [0, 0.1) is 0 Å². The summed E-state index contributed by atoms with van der Waals surface area (Å²) in [7, 11) is -1.45. The fourth-order valence-electron chi connectivity index (χ4n) is 3.92. The van der Waals surface area contributed by atoms with Gasteiger partial charge in [-0.3, -0.25) is 4.99 Å². The predicted molar refractivity (Wildman–Crippen MR) is 108 cm³/mol. The second kappa shape index (κ2) is 8.48. The second-order valence-corrected chi connectivity index (χ2v) is 9.32. The Hall–Kier alpha value is -1.80. The summed E-state index contributed by atoms with van der Waals surface area (Å²) < 4.78 is 32.0. The normalized spacial score (nSPS) is 21.6. The largest absolute Gasteiger partial charge is 0.487 e. The first-order chi connectivity index (χ1) is 13.0. The van der Waals surface area contributed by atoms with Gasteiger partial charge in [0.2, 0.25) is 10.0 Å². The van der Waals surface area contributed by atoms with Crippen molar-refractivity contribution in [3.8, 4) is 5.75 Å². The molecule has 1 atom stereocenters. The van der Waals surface area contributed by atoms with Crippen molar-refractivity contribution in [2.24, 2.45) is 4.99 Å². The van der Waals surface area contributed by atoms with Gasteiger partial charge in [-0.25, -0.2) is 13.1 Å². The first-order valence-electron chi connectivity index (χ1n) is 9.69. The molecule has 0 aromatic heterocycles. The number of aliphatic imine (C=N–C) groups is 1. The highest BCUT2D eigenvalue weighted by atomic mass is 32.2. The van der Waals surface area contributed by atoms with Gasteiger partial charge in [-0.05, 0) is 38.7 Å². The molecule has 3 rings (SSSR count). The molecule has 1 fully saturated rings. The predicted octanol–water partition coefficient (Wildman–Crippen LogP) is 1.93. The van der Waals surface area contributed by atoms with Crippen molar-refractivity contribution in [1.29, 1.82) is 0 Å². The van der Waals surface area contributed by atoms with Crippen LogP contribution in [0.2, 0.25) is 0 Å². The fraction of sp³-hybridized carbons (Fsp3) is 0.632. The van der Waals surface area contributed by atoms with Gasteiger partial charge in [0.1, 0.15) is 11.4 Å². The highest BCUT2D eigenvalue weighted by molar-refractivity contribution is 7.89. The van der Waals surface area contributed by atoms with Crippen LogP contribution in [-0.4, -0.2) is 45.9 Å². The molecule has 1 aromatic rings. The lowest BCUT2D eigenvalue weighted by Crippen LogP contribution is -2.47. The van der Waals surface area contributed by atoms with Gasteiger partial charge in [0.05, 0.1) is 11.8 Å². The topological polar surface area (TPSA) is 91.8 Å². The van der Waals surface area contributed by atoms with Gasteiger partial charge in [0.25, 0.3) is 0 Å². The summed E-state index contributed by atoms with van der Waals surface area (Å²) in [5.41, 5.74) is 1.06. The molecule has 0 radical (unpaired) electrons. The number of benzene rings is 1. The number of nitrogens with one attached hydrogen (secondary N) is 3. The molecule has 1 heterocycles. The fourth-order valence-corrected chi connectivity index (χ4v) is 4.54. The summed E-state index contributed by atoms with van der Waals surface area (Å²) in [4.78, 5) is 4.30. The molecule has 150 valence electrons. The molecule has 1 saturated carbocycles. The number of fused-ring (bicyclic) bond motifs is 1. The monoisotopic (exact) mass is 394 g/mol. The highest BCUT2D eigenvalue weighted by Crippen LogP contribution is 2.46. The highest BCUT2D eigenvalue weighted by Gasteiger charge is 2.43. The third kappa shape index (κ3) is 4.93. The first kappa shape index (κ1) is 19.9. The number of hydrogen-bond donors (Lipinski definition) is 3. The molecular formula is C19H30N4O3S. The van der Waals surface area contributed by atoms with E-state index >= 15 is 0 Å². The third-order valence-electron chi connectivity index (χ3n) is 5.37. The zero-order valence-corrected chi connectivity index (χ0v) is 16.9. The van der Waals surface area contributed by atoms with Crippen LogP contribution < -0.4 is 20.1 Å². The Kier molecular flexibility index (Phi) is 6.26. The molecule has 8 heteroatoms. The van der Waals surface area contributed by atoms with Crippen molar-refractivity contribution in [1.82, 2.24) is 15.4 Å². The molecule has 1 aliphatic heterocycles. The molecule has 0 saturated heterocycles. The number of sulfonamides is 1.